The summed E-state index contributed by atoms with van der Waals surface area (Å²) in [5.74, 6) is 0. The van der Waals surface area contributed by atoms with E-state index in [9.17, 15) is 0 Å². The van der Waals surface area contributed by atoms with Crippen LogP contribution in [0.15, 0.2) is 79.1 Å². The van der Waals surface area contributed by atoms with Gasteiger partial charge in [0, 0.05) is 25.2 Å². The second kappa shape index (κ2) is 6.25. The Morgan fingerprint density at radius 3 is 2.26 bits per heavy atom. The predicted molar refractivity (Wildman–Crippen MR) is 139 cm³/mol. The second-order valence-corrected chi connectivity index (χ2v) is 10.2. The lowest BCUT2D eigenvalue weighted by Crippen LogP contribution is -2.26. The van der Waals surface area contributed by atoms with E-state index in [0.717, 1.165) is 37.1 Å². The third-order valence-corrected chi connectivity index (χ3v) is 8.37. The molecule has 0 N–H and O–H groups in total. The number of hydrogen-bond donors (Lipinski definition) is 0. The number of benzene rings is 3. The highest BCUT2D eigenvalue weighted by atomic mass is 15.2. The SMILES string of the molecule is c1ccc2c(c1)Cc1ccc3c(c1-2)-c1cc2c(cc1C3)N1c3cccnc3Cc3nccc(c31)C2. The van der Waals surface area contributed by atoms with Crippen molar-refractivity contribution in [1.82, 2.24) is 9.97 Å². The van der Waals surface area contributed by atoms with Crippen LogP contribution in [0.25, 0.3) is 22.3 Å². The molecule has 4 heterocycles. The Hall–Kier alpha value is -4.24. The summed E-state index contributed by atoms with van der Waals surface area (Å²) >= 11 is 0. The lowest BCUT2D eigenvalue weighted by atomic mass is 9.87. The number of pyridine rings is 2. The molecule has 0 radical (unpaired) electrons. The van der Waals surface area contributed by atoms with Gasteiger partial charge >= 0.3 is 0 Å². The fourth-order valence-electron chi connectivity index (χ4n) is 6.92. The number of nitrogens with zero attached hydrogens (tertiary/aromatic N) is 3. The molecular formula is C32H21N3. The van der Waals surface area contributed by atoms with Crippen molar-refractivity contribution in [2.45, 2.75) is 25.7 Å². The summed E-state index contributed by atoms with van der Waals surface area (Å²) in [6.45, 7) is 0. The third-order valence-electron chi connectivity index (χ3n) is 8.37. The van der Waals surface area contributed by atoms with Crippen molar-refractivity contribution in [2.75, 3.05) is 4.90 Å². The molecule has 3 aromatic carbocycles. The van der Waals surface area contributed by atoms with Gasteiger partial charge < -0.3 is 4.90 Å². The van der Waals surface area contributed by atoms with Crippen LogP contribution in [0.3, 0.4) is 0 Å². The fraction of sp³-hybridized carbons (Fsp3) is 0.125. The first-order chi connectivity index (χ1) is 17.3. The van der Waals surface area contributed by atoms with Gasteiger partial charge in [-0.2, -0.15) is 0 Å². The smallest absolute Gasteiger partial charge is 0.0717 e. The van der Waals surface area contributed by atoms with E-state index in [2.05, 4.69) is 71.6 Å². The highest BCUT2D eigenvalue weighted by Crippen LogP contribution is 2.54. The van der Waals surface area contributed by atoms with Crippen molar-refractivity contribution >= 4 is 17.1 Å². The summed E-state index contributed by atoms with van der Waals surface area (Å²) in [6.07, 6.45) is 7.65. The molecule has 2 aromatic heterocycles. The van der Waals surface area contributed by atoms with Gasteiger partial charge in [-0.1, -0.05) is 36.4 Å². The van der Waals surface area contributed by atoms with Crippen molar-refractivity contribution in [3.63, 3.8) is 0 Å². The van der Waals surface area contributed by atoms with Gasteiger partial charge in [0.15, 0.2) is 0 Å². The normalized spacial score (nSPS) is 14.9. The van der Waals surface area contributed by atoms with E-state index >= 15 is 0 Å². The number of aromatic nitrogens is 2. The van der Waals surface area contributed by atoms with Crippen molar-refractivity contribution in [2.24, 2.45) is 0 Å². The molecule has 0 spiro atoms. The standard InChI is InChI=1S/C32H21N3/c1-2-5-24-18(4-1)12-19-7-8-20-13-22-16-29-23(15-25(22)31(20)30(19)24)14-21-9-11-34-27-17-26-28(6-3-10-33-26)35(29)32(21)27/h1-11,15-16H,12-14,17H2. The molecule has 164 valence electrons. The minimum atomic E-state index is 0.799. The average Bonchev–Trinajstić information content (AvgIpc) is 3.44. The Labute approximate surface area is 203 Å². The van der Waals surface area contributed by atoms with E-state index in [0.29, 0.717) is 0 Å². The first-order valence-corrected chi connectivity index (χ1v) is 12.4. The minimum Gasteiger partial charge on any atom is -0.306 e. The predicted octanol–water partition coefficient (Wildman–Crippen LogP) is 6.90. The van der Waals surface area contributed by atoms with E-state index in [-0.39, 0.29) is 0 Å². The number of rotatable bonds is 0. The van der Waals surface area contributed by atoms with Gasteiger partial charge in [0.2, 0.25) is 0 Å². The highest BCUT2D eigenvalue weighted by Gasteiger charge is 2.35. The molecular weight excluding hydrogens is 426 g/mol. The Balaban J connectivity index is 1.30. The summed E-state index contributed by atoms with van der Waals surface area (Å²) < 4.78 is 0. The van der Waals surface area contributed by atoms with E-state index in [1.807, 2.05) is 12.4 Å². The van der Waals surface area contributed by atoms with Gasteiger partial charge in [-0.25, -0.2) is 0 Å². The minimum absolute atomic E-state index is 0.799. The zero-order valence-corrected chi connectivity index (χ0v) is 19.2. The number of hydrogen-bond acceptors (Lipinski definition) is 3. The molecule has 0 saturated carbocycles. The van der Waals surface area contributed by atoms with Crippen molar-refractivity contribution in [3.8, 4) is 22.3 Å². The molecule has 3 heteroatoms. The zero-order chi connectivity index (χ0) is 22.7. The number of fused-ring (bicyclic) bond motifs is 11. The van der Waals surface area contributed by atoms with Gasteiger partial charge in [0.05, 0.1) is 28.5 Å². The maximum Gasteiger partial charge on any atom is 0.0717 e. The van der Waals surface area contributed by atoms with Gasteiger partial charge in [-0.05, 0) is 98.8 Å². The highest BCUT2D eigenvalue weighted by molar-refractivity contribution is 5.97. The molecule has 4 aliphatic rings. The van der Waals surface area contributed by atoms with E-state index in [1.165, 1.54) is 72.7 Å². The Morgan fingerprint density at radius 1 is 0.514 bits per heavy atom. The summed E-state index contributed by atoms with van der Waals surface area (Å²) in [5, 5.41) is 0. The molecule has 5 aromatic rings. The van der Waals surface area contributed by atoms with Gasteiger partial charge in [-0.3, -0.25) is 9.97 Å². The Bertz CT molecular complexity index is 1760. The fourth-order valence-corrected chi connectivity index (χ4v) is 6.92. The molecule has 35 heavy (non-hydrogen) atoms. The number of anilines is 3. The van der Waals surface area contributed by atoms with Gasteiger partial charge in [-0.15, -0.1) is 0 Å². The first kappa shape index (κ1) is 18.1. The van der Waals surface area contributed by atoms with E-state index in [1.54, 1.807) is 0 Å². The molecule has 0 unspecified atom stereocenters. The maximum atomic E-state index is 4.77. The van der Waals surface area contributed by atoms with Crippen LogP contribution < -0.4 is 4.90 Å². The molecule has 2 aliphatic heterocycles. The third kappa shape index (κ3) is 2.26. The van der Waals surface area contributed by atoms with Gasteiger partial charge in [0.1, 0.15) is 0 Å². The largest absolute Gasteiger partial charge is 0.306 e. The molecule has 0 fully saturated rings. The molecule has 0 atom stereocenters. The van der Waals surface area contributed by atoms with Crippen LogP contribution in [-0.4, -0.2) is 9.97 Å². The summed E-state index contributed by atoms with van der Waals surface area (Å²) in [6, 6.07) is 25.1. The average molecular weight is 448 g/mol. The summed E-state index contributed by atoms with van der Waals surface area (Å²) in [4.78, 5) is 11.9. The zero-order valence-electron chi connectivity index (χ0n) is 19.2. The Morgan fingerprint density at radius 2 is 1.31 bits per heavy atom. The van der Waals surface area contributed by atoms with E-state index in [4.69, 9.17) is 9.97 Å². The van der Waals surface area contributed by atoms with Gasteiger partial charge in [0.25, 0.3) is 0 Å². The monoisotopic (exact) mass is 447 g/mol. The van der Waals surface area contributed by atoms with Crippen LogP contribution >= 0.6 is 0 Å². The lowest BCUT2D eigenvalue weighted by molar-refractivity contribution is 0.926. The molecule has 2 aliphatic carbocycles. The second-order valence-electron chi connectivity index (χ2n) is 10.2. The lowest BCUT2D eigenvalue weighted by Gasteiger charge is -2.38. The summed E-state index contributed by atoms with van der Waals surface area (Å²) in [5.41, 5.74) is 20.3. The van der Waals surface area contributed by atoms with Crippen molar-refractivity contribution in [1.29, 1.82) is 0 Å². The van der Waals surface area contributed by atoms with Crippen LogP contribution in [0.2, 0.25) is 0 Å². The van der Waals surface area contributed by atoms with E-state index < -0.39 is 0 Å². The molecule has 0 amide bonds. The van der Waals surface area contributed by atoms with Crippen molar-refractivity contribution in [3.05, 3.63) is 124 Å². The summed E-state index contributed by atoms with van der Waals surface area (Å²) in [7, 11) is 0. The topological polar surface area (TPSA) is 29.0 Å². The van der Waals surface area contributed by atoms with Crippen LogP contribution in [-0.2, 0) is 25.7 Å². The van der Waals surface area contributed by atoms with Crippen LogP contribution in [0, 0.1) is 0 Å². The molecule has 3 nitrogen and oxygen atoms in total. The molecule has 9 rings (SSSR count). The van der Waals surface area contributed by atoms with Crippen LogP contribution in [0.5, 0.6) is 0 Å². The molecule has 0 saturated heterocycles. The first-order valence-electron chi connectivity index (χ1n) is 12.4. The Kier molecular flexibility index (Phi) is 3.24. The van der Waals surface area contributed by atoms with Crippen LogP contribution in [0.4, 0.5) is 17.1 Å². The quantitative estimate of drug-likeness (QED) is 0.253. The molecule has 0 bridgehead atoms. The van der Waals surface area contributed by atoms with Crippen molar-refractivity contribution < 1.29 is 0 Å². The maximum absolute atomic E-state index is 4.77. The van der Waals surface area contributed by atoms with Crippen LogP contribution in [0.1, 0.15) is 44.8 Å².